The number of anilines is 1. The molecule has 0 saturated heterocycles. The minimum atomic E-state index is -0.455. The highest BCUT2D eigenvalue weighted by atomic mass is 19.1. The molecule has 4 nitrogen and oxygen atoms in total. The maximum absolute atomic E-state index is 13.1. The van der Waals surface area contributed by atoms with Crippen molar-refractivity contribution in [1.82, 2.24) is 9.80 Å². The van der Waals surface area contributed by atoms with Gasteiger partial charge in [0.15, 0.2) is 0 Å². The molecule has 94 valence electrons. The topological polar surface area (TPSA) is 49.6 Å². The molecule has 0 aliphatic carbocycles. The lowest BCUT2D eigenvalue weighted by atomic mass is 10.1. The van der Waals surface area contributed by atoms with E-state index in [1.54, 1.807) is 7.05 Å². The second-order valence-electron chi connectivity index (χ2n) is 4.26. The third-order valence-electron chi connectivity index (χ3n) is 2.48. The normalized spacial score (nSPS) is 10.6. The van der Waals surface area contributed by atoms with Gasteiger partial charge in [0.05, 0.1) is 5.56 Å². The summed E-state index contributed by atoms with van der Waals surface area (Å²) in [5, 5.41) is 0. The molecular weight excluding hydrogens is 221 g/mol. The average molecular weight is 239 g/mol. The standard InChI is InChI=1S/C12H18FN3O/c1-15(2)6-7-16(3)12(17)10-8-9(13)4-5-11(10)14/h4-5,8H,6-7,14H2,1-3H3. The van der Waals surface area contributed by atoms with Crippen LogP contribution in [0.2, 0.25) is 0 Å². The highest BCUT2D eigenvalue weighted by molar-refractivity contribution is 5.98. The van der Waals surface area contributed by atoms with Crippen molar-refractivity contribution in [3.63, 3.8) is 0 Å². The Kier molecular flexibility index (Phi) is 4.45. The molecule has 5 heteroatoms. The van der Waals surface area contributed by atoms with Gasteiger partial charge in [-0.05, 0) is 32.3 Å². The van der Waals surface area contributed by atoms with E-state index in [0.29, 0.717) is 12.2 Å². The summed E-state index contributed by atoms with van der Waals surface area (Å²) in [7, 11) is 5.53. The van der Waals surface area contributed by atoms with Crippen molar-refractivity contribution in [2.45, 2.75) is 0 Å². The van der Waals surface area contributed by atoms with Crippen LogP contribution in [0.15, 0.2) is 18.2 Å². The van der Waals surface area contributed by atoms with Crippen LogP contribution in [-0.4, -0.2) is 49.9 Å². The third-order valence-corrected chi connectivity index (χ3v) is 2.48. The molecule has 1 aromatic rings. The predicted molar refractivity (Wildman–Crippen MR) is 66.3 cm³/mol. The van der Waals surface area contributed by atoms with Crippen molar-refractivity contribution in [3.8, 4) is 0 Å². The van der Waals surface area contributed by atoms with Gasteiger partial charge >= 0.3 is 0 Å². The molecular formula is C12H18FN3O. The first-order valence-electron chi connectivity index (χ1n) is 5.37. The quantitative estimate of drug-likeness (QED) is 0.799. The molecule has 0 radical (unpaired) electrons. The van der Waals surface area contributed by atoms with E-state index in [1.165, 1.54) is 23.1 Å². The Morgan fingerprint density at radius 2 is 1.94 bits per heavy atom. The minimum absolute atomic E-state index is 0.214. The van der Waals surface area contributed by atoms with Gasteiger partial charge in [0, 0.05) is 25.8 Å². The Morgan fingerprint density at radius 3 is 2.53 bits per heavy atom. The van der Waals surface area contributed by atoms with Crippen LogP contribution in [0.5, 0.6) is 0 Å². The SMILES string of the molecule is CN(C)CCN(C)C(=O)c1cc(F)ccc1N. The van der Waals surface area contributed by atoms with Crippen LogP contribution in [0.1, 0.15) is 10.4 Å². The first-order chi connectivity index (χ1) is 7.91. The van der Waals surface area contributed by atoms with E-state index in [-0.39, 0.29) is 11.5 Å². The number of nitrogens with two attached hydrogens (primary N) is 1. The molecule has 2 N–H and O–H groups in total. The molecule has 0 aliphatic rings. The zero-order chi connectivity index (χ0) is 13.0. The van der Waals surface area contributed by atoms with E-state index in [1.807, 2.05) is 19.0 Å². The van der Waals surface area contributed by atoms with Gasteiger partial charge in [-0.1, -0.05) is 0 Å². The fraction of sp³-hybridized carbons (Fsp3) is 0.417. The van der Waals surface area contributed by atoms with Gasteiger partial charge in [0.25, 0.3) is 5.91 Å². The van der Waals surface area contributed by atoms with E-state index >= 15 is 0 Å². The van der Waals surface area contributed by atoms with E-state index in [2.05, 4.69) is 0 Å². The lowest BCUT2D eigenvalue weighted by Crippen LogP contribution is -2.33. The van der Waals surface area contributed by atoms with Crippen molar-refractivity contribution in [2.24, 2.45) is 0 Å². The monoisotopic (exact) mass is 239 g/mol. The molecule has 0 heterocycles. The lowest BCUT2D eigenvalue weighted by molar-refractivity contribution is 0.0787. The maximum atomic E-state index is 13.1. The van der Waals surface area contributed by atoms with Crippen molar-refractivity contribution in [3.05, 3.63) is 29.6 Å². The Hall–Kier alpha value is -1.62. The number of likely N-dealkylation sites (N-methyl/N-ethyl adjacent to an activating group) is 2. The number of carbonyl (C=O) groups excluding carboxylic acids is 1. The van der Waals surface area contributed by atoms with Crippen LogP contribution in [0.3, 0.4) is 0 Å². The Balaban J connectivity index is 2.78. The second kappa shape index (κ2) is 5.63. The lowest BCUT2D eigenvalue weighted by Gasteiger charge is -2.20. The molecule has 0 aromatic heterocycles. The number of amides is 1. The van der Waals surface area contributed by atoms with Gasteiger partial charge < -0.3 is 15.5 Å². The number of hydrogen-bond donors (Lipinski definition) is 1. The fourth-order valence-electron chi connectivity index (χ4n) is 1.37. The van der Waals surface area contributed by atoms with Crippen molar-refractivity contribution in [1.29, 1.82) is 0 Å². The zero-order valence-electron chi connectivity index (χ0n) is 10.4. The van der Waals surface area contributed by atoms with E-state index in [4.69, 9.17) is 5.73 Å². The molecule has 1 amide bonds. The van der Waals surface area contributed by atoms with Gasteiger partial charge in [-0.2, -0.15) is 0 Å². The highest BCUT2D eigenvalue weighted by Crippen LogP contribution is 2.15. The summed E-state index contributed by atoms with van der Waals surface area (Å²) in [6, 6.07) is 3.82. The smallest absolute Gasteiger partial charge is 0.255 e. The third kappa shape index (κ3) is 3.71. The molecule has 17 heavy (non-hydrogen) atoms. The minimum Gasteiger partial charge on any atom is -0.398 e. The summed E-state index contributed by atoms with van der Waals surface area (Å²) in [5.74, 6) is -0.715. The van der Waals surface area contributed by atoms with Crippen molar-refractivity contribution < 1.29 is 9.18 Å². The van der Waals surface area contributed by atoms with Gasteiger partial charge in [0.2, 0.25) is 0 Å². The summed E-state index contributed by atoms with van der Waals surface area (Å²) < 4.78 is 13.1. The van der Waals surface area contributed by atoms with Gasteiger partial charge in [-0.25, -0.2) is 4.39 Å². The number of carbonyl (C=O) groups is 1. The van der Waals surface area contributed by atoms with Crippen LogP contribution < -0.4 is 5.73 Å². The number of nitrogens with zero attached hydrogens (tertiary/aromatic N) is 2. The summed E-state index contributed by atoms with van der Waals surface area (Å²) in [5.41, 5.74) is 6.17. The van der Waals surface area contributed by atoms with Gasteiger partial charge in [0.1, 0.15) is 5.82 Å². The molecule has 0 unspecified atom stereocenters. The van der Waals surface area contributed by atoms with E-state index in [0.717, 1.165) is 6.54 Å². The van der Waals surface area contributed by atoms with Gasteiger partial charge in [-0.3, -0.25) is 4.79 Å². The van der Waals surface area contributed by atoms with Crippen LogP contribution in [0, 0.1) is 5.82 Å². The summed E-state index contributed by atoms with van der Waals surface area (Å²) in [6.07, 6.45) is 0. The van der Waals surface area contributed by atoms with E-state index in [9.17, 15) is 9.18 Å². The molecule has 0 atom stereocenters. The fourth-order valence-corrected chi connectivity index (χ4v) is 1.37. The molecule has 1 aromatic carbocycles. The van der Waals surface area contributed by atoms with Crippen LogP contribution >= 0.6 is 0 Å². The van der Waals surface area contributed by atoms with Crippen LogP contribution in [-0.2, 0) is 0 Å². The summed E-state index contributed by atoms with van der Waals surface area (Å²) >= 11 is 0. The van der Waals surface area contributed by atoms with Gasteiger partial charge in [-0.15, -0.1) is 0 Å². The predicted octanol–water partition coefficient (Wildman–Crippen LogP) is 1.04. The highest BCUT2D eigenvalue weighted by Gasteiger charge is 2.15. The Labute approximate surface area is 101 Å². The molecule has 1 rings (SSSR count). The summed E-state index contributed by atoms with van der Waals surface area (Å²) in [4.78, 5) is 15.5. The van der Waals surface area contributed by atoms with Crippen LogP contribution in [0.4, 0.5) is 10.1 Å². The first kappa shape index (κ1) is 13.4. The second-order valence-corrected chi connectivity index (χ2v) is 4.26. The van der Waals surface area contributed by atoms with E-state index < -0.39 is 5.82 Å². The Bertz CT molecular complexity index is 407. The molecule has 0 saturated carbocycles. The number of rotatable bonds is 4. The molecule has 0 spiro atoms. The largest absolute Gasteiger partial charge is 0.398 e. The maximum Gasteiger partial charge on any atom is 0.255 e. The number of nitrogen functional groups attached to an aromatic ring is 1. The molecule has 0 fully saturated rings. The average Bonchev–Trinajstić information content (AvgIpc) is 2.28. The Morgan fingerprint density at radius 1 is 1.29 bits per heavy atom. The number of halogens is 1. The zero-order valence-corrected chi connectivity index (χ0v) is 10.4. The van der Waals surface area contributed by atoms with Crippen molar-refractivity contribution in [2.75, 3.05) is 40.0 Å². The first-order valence-corrected chi connectivity index (χ1v) is 5.37. The number of hydrogen-bond acceptors (Lipinski definition) is 3. The van der Waals surface area contributed by atoms with Crippen molar-refractivity contribution >= 4 is 11.6 Å². The summed E-state index contributed by atoms with van der Waals surface area (Å²) in [6.45, 7) is 1.32. The molecule has 0 bridgehead atoms. The molecule has 0 aliphatic heterocycles. The number of benzene rings is 1. The van der Waals surface area contributed by atoms with Crippen LogP contribution in [0.25, 0.3) is 0 Å².